The number of benzene rings is 1. The van der Waals surface area contributed by atoms with Crippen molar-refractivity contribution in [2.45, 2.75) is 76.8 Å². The largest absolute Gasteiger partial charge is 0.340 e. The van der Waals surface area contributed by atoms with Crippen molar-refractivity contribution in [2.75, 3.05) is 39.3 Å². The van der Waals surface area contributed by atoms with Crippen molar-refractivity contribution >= 4 is 27.0 Å². The van der Waals surface area contributed by atoms with Gasteiger partial charge in [0.25, 0.3) is 0 Å². The van der Waals surface area contributed by atoms with Crippen LogP contribution in [0.2, 0.25) is 0 Å². The van der Waals surface area contributed by atoms with E-state index in [1.807, 2.05) is 24.8 Å². The highest BCUT2D eigenvalue weighted by Gasteiger charge is 2.28. The average molecular weight is 490 g/mol. The van der Waals surface area contributed by atoms with Gasteiger partial charge < -0.3 is 9.47 Å². The van der Waals surface area contributed by atoms with E-state index in [-0.39, 0.29) is 10.8 Å². The molecule has 9 heteroatoms. The number of nitrogens with zero attached hydrogens (tertiary/aromatic N) is 5. The van der Waals surface area contributed by atoms with Crippen molar-refractivity contribution in [3.8, 4) is 0 Å². The van der Waals surface area contributed by atoms with Crippen LogP contribution in [0.1, 0.15) is 58.7 Å². The third kappa shape index (κ3) is 5.02. The van der Waals surface area contributed by atoms with Crippen LogP contribution in [0.15, 0.2) is 23.1 Å². The Balaban J connectivity index is 1.43. The predicted octanol–water partition coefficient (Wildman–Crippen LogP) is 3.11. The van der Waals surface area contributed by atoms with Gasteiger partial charge in [-0.1, -0.05) is 26.7 Å². The standard InChI is InChI=1S/C25H39N5O3S/c1-4-29(5-2)34(32,33)21-11-12-23-22(19-21)26-24(30(23)6-3)13-14-25(31)28-17-15-27(16-18-28)20-9-7-8-10-20/h11-12,19-20H,4-10,13-18H2,1-3H3. The monoisotopic (exact) mass is 489 g/mol. The molecule has 1 amide bonds. The Kier molecular flexibility index (Phi) is 7.94. The number of fused-ring (bicyclic) bond motifs is 1. The van der Waals surface area contributed by atoms with E-state index in [2.05, 4.69) is 16.4 Å². The molecule has 0 radical (unpaired) electrons. The van der Waals surface area contributed by atoms with Crippen molar-refractivity contribution < 1.29 is 13.2 Å². The second-order valence-electron chi connectivity index (χ2n) is 9.37. The van der Waals surface area contributed by atoms with Gasteiger partial charge in [-0.2, -0.15) is 4.31 Å². The zero-order valence-corrected chi connectivity index (χ0v) is 21.7. The fraction of sp³-hybridized carbons (Fsp3) is 0.680. The molecule has 0 bridgehead atoms. The summed E-state index contributed by atoms with van der Waals surface area (Å²) in [5, 5.41) is 0. The molecule has 2 fully saturated rings. The van der Waals surface area contributed by atoms with Crippen molar-refractivity contribution in [2.24, 2.45) is 0 Å². The first-order chi connectivity index (χ1) is 16.4. The lowest BCUT2D eigenvalue weighted by atomic mass is 10.1. The quantitative estimate of drug-likeness (QED) is 0.541. The maximum Gasteiger partial charge on any atom is 0.243 e. The van der Waals surface area contributed by atoms with Crippen LogP contribution in [0.25, 0.3) is 11.0 Å². The molecular formula is C25H39N5O3S. The molecule has 1 aromatic heterocycles. The number of imidazole rings is 1. The number of rotatable bonds is 9. The Morgan fingerprint density at radius 2 is 1.74 bits per heavy atom. The van der Waals surface area contributed by atoms with Gasteiger partial charge in [0.05, 0.1) is 15.9 Å². The van der Waals surface area contributed by atoms with Gasteiger partial charge in [-0.15, -0.1) is 0 Å². The van der Waals surface area contributed by atoms with Gasteiger partial charge in [0, 0.05) is 64.7 Å². The molecular weight excluding hydrogens is 450 g/mol. The van der Waals surface area contributed by atoms with E-state index in [9.17, 15) is 13.2 Å². The van der Waals surface area contributed by atoms with Crippen molar-refractivity contribution in [3.05, 3.63) is 24.0 Å². The van der Waals surface area contributed by atoms with Crippen LogP contribution in [0.4, 0.5) is 0 Å². The Bertz CT molecular complexity index is 1100. The van der Waals surface area contributed by atoms with E-state index in [1.54, 1.807) is 12.1 Å². The summed E-state index contributed by atoms with van der Waals surface area (Å²) in [5.74, 6) is 1.03. The van der Waals surface area contributed by atoms with Crippen molar-refractivity contribution in [1.29, 1.82) is 0 Å². The highest BCUT2D eigenvalue weighted by Crippen LogP contribution is 2.25. The maximum atomic E-state index is 12.9. The number of hydrogen-bond donors (Lipinski definition) is 0. The lowest BCUT2D eigenvalue weighted by Gasteiger charge is -2.38. The van der Waals surface area contributed by atoms with Gasteiger partial charge in [-0.05, 0) is 38.0 Å². The van der Waals surface area contributed by atoms with E-state index in [0.717, 1.165) is 50.1 Å². The molecule has 4 rings (SSSR count). The van der Waals surface area contributed by atoms with Crippen LogP contribution < -0.4 is 0 Å². The predicted molar refractivity (Wildman–Crippen MR) is 134 cm³/mol. The Morgan fingerprint density at radius 3 is 2.35 bits per heavy atom. The molecule has 0 spiro atoms. The molecule has 0 unspecified atom stereocenters. The Morgan fingerprint density at radius 1 is 1.06 bits per heavy atom. The zero-order valence-electron chi connectivity index (χ0n) is 20.9. The second kappa shape index (κ2) is 10.7. The van der Waals surface area contributed by atoms with Crippen LogP contribution in [0, 0.1) is 0 Å². The van der Waals surface area contributed by atoms with E-state index < -0.39 is 10.0 Å². The van der Waals surface area contributed by atoms with Crippen LogP contribution in [0.5, 0.6) is 0 Å². The molecule has 1 saturated carbocycles. The molecule has 188 valence electrons. The summed E-state index contributed by atoms with van der Waals surface area (Å²) < 4.78 is 29.4. The molecule has 0 atom stereocenters. The van der Waals surface area contributed by atoms with Crippen LogP contribution >= 0.6 is 0 Å². The molecule has 1 saturated heterocycles. The van der Waals surface area contributed by atoms with Crippen LogP contribution in [-0.4, -0.2) is 83.3 Å². The van der Waals surface area contributed by atoms with Crippen LogP contribution in [-0.2, 0) is 27.8 Å². The van der Waals surface area contributed by atoms with Gasteiger partial charge >= 0.3 is 0 Å². The highest BCUT2D eigenvalue weighted by atomic mass is 32.2. The number of carbonyl (C=O) groups excluding carboxylic acids is 1. The summed E-state index contributed by atoms with van der Waals surface area (Å²) in [7, 11) is -3.53. The molecule has 1 aliphatic carbocycles. The second-order valence-corrected chi connectivity index (χ2v) is 11.3. The molecule has 2 aromatic rings. The average Bonchev–Trinajstić information content (AvgIpc) is 3.50. The number of aromatic nitrogens is 2. The fourth-order valence-corrected chi connectivity index (χ4v) is 7.04. The summed E-state index contributed by atoms with van der Waals surface area (Å²) >= 11 is 0. The summed E-state index contributed by atoms with van der Waals surface area (Å²) in [5.41, 5.74) is 1.58. The number of piperazine rings is 1. The SMILES string of the molecule is CCN(CC)S(=O)(=O)c1ccc2c(c1)nc(CCC(=O)N1CCN(C3CCCC3)CC1)n2CC. The first-order valence-corrected chi connectivity index (χ1v) is 14.3. The number of hydrogen-bond acceptors (Lipinski definition) is 5. The molecule has 2 aliphatic rings. The van der Waals surface area contributed by atoms with Gasteiger partial charge in [0.15, 0.2) is 0 Å². The number of aryl methyl sites for hydroxylation is 2. The smallest absolute Gasteiger partial charge is 0.243 e. The Hall–Kier alpha value is -1.97. The molecule has 2 heterocycles. The maximum absolute atomic E-state index is 12.9. The highest BCUT2D eigenvalue weighted by molar-refractivity contribution is 7.89. The first kappa shape index (κ1) is 25.1. The van der Waals surface area contributed by atoms with Gasteiger partial charge in [0.2, 0.25) is 15.9 Å². The fourth-order valence-electron chi connectivity index (χ4n) is 5.56. The normalized spacial score (nSPS) is 18.4. The number of sulfonamides is 1. The summed E-state index contributed by atoms with van der Waals surface area (Å²) in [4.78, 5) is 22.5. The first-order valence-electron chi connectivity index (χ1n) is 12.9. The number of amides is 1. The molecule has 8 nitrogen and oxygen atoms in total. The molecule has 1 aromatic carbocycles. The minimum Gasteiger partial charge on any atom is -0.340 e. The van der Waals surface area contributed by atoms with Gasteiger partial charge in [0.1, 0.15) is 5.82 Å². The van der Waals surface area contributed by atoms with Gasteiger partial charge in [-0.25, -0.2) is 13.4 Å². The van der Waals surface area contributed by atoms with Crippen LogP contribution in [0.3, 0.4) is 0 Å². The molecule has 34 heavy (non-hydrogen) atoms. The third-order valence-corrected chi connectivity index (χ3v) is 9.57. The van der Waals surface area contributed by atoms with Gasteiger partial charge in [-0.3, -0.25) is 9.69 Å². The number of carbonyl (C=O) groups is 1. The van der Waals surface area contributed by atoms with E-state index in [4.69, 9.17) is 4.98 Å². The van der Waals surface area contributed by atoms with E-state index in [0.29, 0.717) is 31.4 Å². The topological polar surface area (TPSA) is 78.8 Å². The zero-order chi connectivity index (χ0) is 24.3. The minimum atomic E-state index is -3.53. The summed E-state index contributed by atoms with van der Waals surface area (Å²) in [6.07, 6.45) is 6.27. The lowest BCUT2D eigenvalue weighted by molar-refractivity contribution is -0.133. The molecule has 1 aliphatic heterocycles. The minimum absolute atomic E-state index is 0.186. The van der Waals surface area contributed by atoms with Crippen molar-refractivity contribution in [1.82, 2.24) is 23.7 Å². The third-order valence-electron chi connectivity index (χ3n) is 7.53. The van der Waals surface area contributed by atoms with Crippen molar-refractivity contribution in [3.63, 3.8) is 0 Å². The van der Waals surface area contributed by atoms with E-state index in [1.165, 1.54) is 30.0 Å². The summed E-state index contributed by atoms with van der Waals surface area (Å²) in [6, 6.07) is 5.90. The summed E-state index contributed by atoms with van der Waals surface area (Å²) in [6.45, 7) is 10.9. The molecule has 0 N–H and O–H groups in total. The van der Waals surface area contributed by atoms with E-state index >= 15 is 0 Å². The Labute approximate surface area is 204 Å². The lowest BCUT2D eigenvalue weighted by Crippen LogP contribution is -2.51.